The molecule has 1 N–H and O–H groups in total. The predicted molar refractivity (Wildman–Crippen MR) is 53.3 cm³/mol. The molecule has 3 nitrogen and oxygen atoms in total. The Morgan fingerprint density at radius 2 is 2.14 bits per heavy atom. The van der Waals surface area contributed by atoms with Crippen LogP contribution >= 0.6 is 0 Å². The number of rotatable bonds is 2. The Kier molecular flexibility index (Phi) is 2.87. The number of aryl methyl sites for hydroxylation is 1. The fourth-order valence-corrected chi connectivity index (χ4v) is 1.07. The summed E-state index contributed by atoms with van der Waals surface area (Å²) >= 11 is 0. The molecule has 0 amide bonds. The second-order valence-corrected chi connectivity index (χ2v) is 4.00. The van der Waals surface area contributed by atoms with E-state index in [0.717, 1.165) is 5.56 Å². The average Bonchev–Trinajstić information content (AvgIpc) is 2.18. The third-order valence-corrected chi connectivity index (χ3v) is 2.19. The zero-order valence-corrected chi connectivity index (χ0v) is 8.65. The van der Waals surface area contributed by atoms with Crippen LogP contribution in [0.25, 0.3) is 0 Å². The van der Waals surface area contributed by atoms with Crippen molar-refractivity contribution in [2.24, 2.45) is 5.41 Å². The summed E-state index contributed by atoms with van der Waals surface area (Å²) < 4.78 is 0. The molecule has 0 fully saturated rings. The van der Waals surface area contributed by atoms with Crippen LogP contribution in [-0.4, -0.2) is 10.1 Å². The summed E-state index contributed by atoms with van der Waals surface area (Å²) in [4.78, 5) is 4.09. The number of nitriles is 1. The van der Waals surface area contributed by atoms with Crippen molar-refractivity contribution in [2.75, 3.05) is 0 Å². The number of pyridine rings is 1. The van der Waals surface area contributed by atoms with E-state index in [9.17, 15) is 5.11 Å². The van der Waals surface area contributed by atoms with E-state index in [4.69, 9.17) is 5.26 Å². The van der Waals surface area contributed by atoms with Gasteiger partial charge in [-0.2, -0.15) is 5.26 Å². The van der Waals surface area contributed by atoms with Gasteiger partial charge in [0.05, 0.1) is 17.2 Å². The molecule has 74 valence electrons. The zero-order chi connectivity index (χ0) is 10.8. The van der Waals surface area contributed by atoms with Crippen LogP contribution < -0.4 is 0 Å². The molecular formula is C11H14N2O. The highest BCUT2D eigenvalue weighted by Crippen LogP contribution is 2.31. The second-order valence-electron chi connectivity index (χ2n) is 4.00. The van der Waals surface area contributed by atoms with Crippen molar-refractivity contribution in [1.82, 2.24) is 4.98 Å². The van der Waals surface area contributed by atoms with Crippen molar-refractivity contribution in [3.63, 3.8) is 0 Å². The Hall–Kier alpha value is -1.40. The molecule has 0 aliphatic carbocycles. The van der Waals surface area contributed by atoms with Gasteiger partial charge in [0.25, 0.3) is 0 Å². The van der Waals surface area contributed by atoms with Crippen molar-refractivity contribution in [3.8, 4) is 6.07 Å². The lowest BCUT2D eigenvalue weighted by Gasteiger charge is -2.22. The summed E-state index contributed by atoms with van der Waals surface area (Å²) in [6.07, 6.45) is 0.847. The molecule has 14 heavy (non-hydrogen) atoms. The maximum atomic E-state index is 9.85. The highest BCUT2D eigenvalue weighted by molar-refractivity contribution is 5.17. The van der Waals surface area contributed by atoms with Crippen molar-refractivity contribution in [2.45, 2.75) is 26.9 Å². The maximum Gasteiger partial charge on any atom is 0.114 e. The van der Waals surface area contributed by atoms with E-state index in [-0.39, 0.29) is 0 Å². The van der Waals surface area contributed by atoms with Gasteiger partial charge >= 0.3 is 0 Å². The maximum absolute atomic E-state index is 9.85. The standard InChI is InChI=1S/C11H14N2O/c1-8-4-5-9(13-6-8)10(14)11(2,3)7-12/h4-6,10,14H,1-3H3. The average molecular weight is 190 g/mol. The van der Waals surface area contributed by atoms with Gasteiger partial charge in [-0.05, 0) is 32.4 Å². The number of hydrogen-bond acceptors (Lipinski definition) is 3. The van der Waals surface area contributed by atoms with Crippen LogP contribution in [0.15, 0.2) is 18.3 Å². The minimum atomic E-state index is -0.840. The molecule has 1 aromatic heterocycles. The summed E-state index contributed by atoms with van der Waals surface area (Å²) in [6.45, 7) is 5.32. The molecule has 1 unspecified atom stereocenters. The Bertz CT molecular complexity index is 349. The van der Waals surface area contributed by atoms with Gasteiger partial charge in [0.2, 0.25) is 0 Å². The highest BCUT2D eigenvalue weighted by atomic mass is 16.3. The third kappa shape index (κ3) is 2.09. The fraction of sp³-hybridized carbons (Fsp3) is 0.455. The molecule has 3 heteroatoms. The van der Waals surface area contributed by atoms with E-state index in [1.54, 1.807) is 26.1 Å². The fourth-order valence-electron chi connectivity index (χ4n) is 1.07. The van der Waals surface area contributed by atoms with E-state index < -0.39 is 11.5 Å². The third-order valence-electron chi connectivity index (χ3n) is 2.19. The van der Waals surface area contributed by atoms with Crippen LogP contribution in [0, 0.1) is 23.7 Å². The molecule has 0 saturated heterocycles. The van der Waals surface area contributed by atoms with Crippen molar-refractivity contribution < 1.29 is 5.11 Å². The Labute approximate surface area is 84.0 Å². The number of hydrogen-bond donors (Lipinski definition) is 1. The second kappa shape index (κ2) is 3.77. The molecule has 0 aliphatic heterocycles. The van der Waals surface area contributed by atoms with E-state index in [1.807, 2.05) is 13.0 Å². The van der Waals surface area contributed by atoms with E-state index in [0.29, 0.717) is 5.69 Å². The molecule has 0 radical (unpaired) electrons. The minimum Gasteiger partial charge on any atom is -0.385 e. The SMILES string of the molecule is Cc1ccc(C(O)C(C)(C)C#N)nc1. The molecule has 1 rings (SSSR count). The Balaban J connectivity index is 2.96. The topological polar surface area (TPSA) is 56.9 Å². The van der Waals surface area contributed by atoms with Gasteiger partial charge in [-0.1, -0.05) is 6.07 Å². The van der Waals surface area contributed by atoms with Crippen LogP contribution in [-0.2, 0) is 0 Å². The summed E-state index contributed by atoms with van der Waals surface area (Å²) in [7, 11) is 0. The first-order chi connectivity index (χ1) is 6.47. The van der Waals surface area contributed by atoms with E-state index in [1.165, 1.54) is 0 Å². The van der Waals surface area contributed by atoms with Gasteiger partial charge in [-0.25, -0.2) is 0 Å². The van der Waals surface area contributed by atoms with Crippen molar-refractivity contribution >= 4 is 0 Å². The van der Waals surface area contributed by atoms with Gasteiger partial charge in [0, 0.05) is 6.20 Å². The van der Waals surface area contributed by atoms with Crippen molar-refractivity contribution in [3.05, 3.63) is 29.6 Å². The molecule has 0 bridgehead atoms. The summed E-state index contributed by atoms with van der Waals surface area (Å²) in [5.74, 6) is 0. The van der Waals surface area contributed by atoms with Crippen LogP contribution in [0.4, 0.5) is 0 Å². The van der Waals surface area contributed by atoms with Gasteiger partial charge in [0.1, 0.15) is 6.10 Å². The number of aromatic nitrogens is 1. The minimum absolute atomic E-state index is 0.544. The van der Waals surface area contributed by atoms with Crippen LogP contribution in [0.1, 0.15) is 31.2 Å². The van der Waals surface area contributed by atoms with E-state index in [2.05, 4.69) is 11.1 Å². The quantitative estimate of drug-likeness (QED) is 0.775. The van der Waals surface area contributed by atoms with E-state index >= 15 is 0 Å². The largest absolute Gasteiger partial charge is 0.385 e. The lowest BCUT2D eigenvalue weighted by atomic mass is 9.86. The summed E-state index contributed by atoms with van der Waals surface area (Å²) in [5.41, 5.74) is 0.778. The molecular weight excluding hydrogens is 176 g/mol. The first-order valence-electron chi connectivity index (χ1n) is 4.49. The Morgan fingerprint density at radius 1 is 1.50 bits per heavy atom. The smallest absolute Gasteiger partial charge is 0.114 e. The zero-order valence-electron chi connectivity index (χ0n) is 8.65. The molecule has 0 aliphatic rings. The number of aliphatic hydroxyl groups excluding tert-OH is 1. The lowest BCUT2D eigenvalue weighted by molar-refractivity contribution is 0.0827. The number of aliphatic hydroxyl groups is 1. The highest BCUT2D eigenvalue weighted by Gasteiger charge is 2.29. The van der Waals surface area contributed by atoms with Gasteiger partial charge in [-0.15, -0.1) is 0 Å². The van der Waals surface area contributed by atoms with Crippen LogP contribution in [0.3, 0.4) is 0 Å². The summed E-state index contributed by atoms with van der Waals surface area (Å²) in [6, 6.07) is 5.69. The number of nitrogens with zero attached hydrogens (tertiary/aromatic N) is 2. The monoisotopic (exact) mass is 190 g/mol. The lowest BCUT2D eigenvalue weighted by Crippen LogP contribution is -2.20. The first kappa shape index (κ1) is 10.7. The van der Waals surface area contributed by atoms with Crippen LogP contribution in [0.2, 0.25) is 0 Å². The summed E-state index contributed by atoms with van der Waals surface area (Å²) in [5, 5.41) is 18.7. The molecule has 1 aromatic rings. The first-order valence-corrected chi connectivity index (χ1v) is 4.49. The van der Waals surface area contributed by atoms with Crippen LogP contribution in [0.5, 0.6) is 0 Å². The Morgan fingerprint density at radius 3 is 2.57 bits per heavy atom. The molecule has 0 spiro atoms. The van der Waals surface area contributed by atoms with Crippen molar-refractivity contribution in [1.29, 1.82) is 5.26 Å². The van der Waals surface area contributed by atoms with Gasteiger partial charge < -0.3 is 5.11 Å². The molecule has 1 atom stereocenters. The normalized spacial score (nSPS) is 13.4. The molecule has 1 heterocycles. The predicted octanol–water partition coefficient (Wildman–Crippen LogP) is 1.97. The molecule has 0 saturated carbocycles. The molecule has 0 aromatic carbocycles. The van der Waals surface area contributed by atoms with Gasteiger partial charge in [0.15, 0.2) is 0 Å². The van der Waals surface area contributed by atoms with Gasteiger partial charge in [-0.3, -0.25) is 4.98 Å².